The number of fused-ring (bicyclic) bond motifs is 2. The summed E-state index contributed by atoms with van der Waals surface area (Å²) in [6.07, 6.45) is 0. The Morgan fingerprint density at radius 1 is 0.409 bits per heavy atom. The highest BCUT2D eigenvalue weighted by Crippen LogP contribution is 2.47. The van der Waals surface area contributed by atoms with Gasteiger partial charge in [0, 0.05) is 27.9 Å². The molecular formula is C42H29NO. The Balaban J connectivity index is 1.36. The van der Waals surface area contributed by atoms with Crippen molar-refractivity contribution >= 4 is 38.8 Å². The van der Waals surface area contributed by atoms with E-state index in [1.54, 1.807) is 0 Å². The maximum absolute atomic E-state index is 6.72. The summed E-state index contributed by atoms with van der Waals surface area (Å²) in [7, 11) is 0. The van der Waals surface area contributed by atoms with E-state index < -0.39 is 0 Å². The van der Waals surface area contributed by atoms with E-state index in [0.29, 0.717) is 0 Å². The molecule has 0 bridgehead atoms. The summed E-state index contributed by atoms with van der Waals surface area (Å²) in [5.41, 5.74) is 9.73. The summed E-state index contributed by atoms with van der Waals surface area (Å²) in [5, 5.41) is 3.58. The van der Waals surface area contributed by atoms with Crippen LogP contribution in [0.2, 0.25) is 0 Å². The summed E-state index contributed by atoms with van der Waals surface area (Å²) >= 11 is 0. The zero-order valence-electron chi connectivity index (χ0n) is 24.1. The number of anilines is 3. The summed E-state index contributed by atoms with van der Waals surface area (Å²) in [6, 6.07) is 61.9. The third-order valence-electron chi connectivity index (χ3n) is 8.27. The van der Waals surface area contributed by atoms with Crippen LogP contribution in [0.25, 0.3) is 55.3 Å². The van der Waals surface area contributed by atoms with Gasteiger partial charge in [0.2, 0.25) is 0 Å². The number of nitrogens with zero attached hydrogens (tertiary/aromatic N) is 1. The van der Waals surface area contributed by atoms with Crippen LogP contribution in [0.1, 0.15) is 0 Å². The van der Waals surface area contributed by atoms with Crippen molar-refractivity contribution < 1.29 is 4.42 Å². The van der Waals surface area contributed by atoms with Gasteiger partial charge in [0.1, 0.15) is 11.3 Å². The van der Waals surface area contributed by atoms with E-state index in [9.17, 15) is 0 Å². The van der Waals surface area contributed by atoms with Crippen molar-refractivity contribution in [1.82, 2.24) is 0 Å². The Morgan fingerprint density at radius 2 is 1.00 bits per heavy atom. The predicted molar refractivity (Wildman–Crippen MR) is 185 cm³/mol. The van der Waals surface area contributed by atoms with E-state index in [4.69, 9.17) is 4.42 Å². The maximum Gasteiger partial charge on any atom is 0.145 e. The van der Waals surface area contributed by atoms with E-state index in [1.807, 2.05) is 6.07 Å². The molecule has 1 aromatic heterocycles. The van der Waals surface area contributed by atoms with Crippen LogP contribution in [0.15, 0.2) is 180 Å². The molecule has 0 saturated heterocycles. The maximum atomic E-state index is 6.72. The molecule has 0 spiro atoms. The molecule has 0 aliphatic heterocycles. The van der Waals surface area contributed by atoms with Crippen LogP contribution in [-0.4, -0.2) is 0 Å². The molecule has 0 aliphatic carbocycles. The first-order valence-corrected chi connectivity index (χ1v) is 14.9. The summed E-state index contributed by atoms with van der Waals surface area (Å²) in [6.45, 7) is 0. The Kier molecular flexibility index (Phi) is 6.51. The topological polar surface area (TPSA) is 16.4 Å². The van der Waals surface area contributed by atoms with Crippen LogP contribution in [0.4, 0.5) is 17.1 Å². The largest absolute Gasteiger partial charge is 0.455 e. The molecular weight excluding hydrogens is 534 g/mol. The van der Waals surface area contributed by atoms with Crippen LogP contribution >= 0.6 is 0 Å². The summed E-state index contributed by atoms with van der Waals surface area (Å²) < 4.78 is 6.72. The standard InChI is InChI=1S/C42H29NO/c1-3-16-31(17-4-1)41-38-25-10-12-28-40(38)44-42(41)37-24-9-11-27-39(37)43(33-20-5-2-6-21-33)34-22-13-19-32(29-34)36-26-14-18-30-15-7-8-23-35(30)36/h1-29H. The quantitative estimate of drug-likeness (QED) is 0.200. The van der Waals surface area contributed by atoms with Gasteiger partial charge in [0.05, 0.1) is 5.69 Å². The smallest absolute Gasteiger partial charge is 0.145 e. The SMILES string of the molecule is c1ccc(-c2c(-c3ccccc3N(c3ccccc3)c3cccc(-c4cccc5ccccc45)c3)oc3ccccc23)cc1. The number of para-hydroxylation sites is 3. The van der Waals surface area contributed by atoms with Crippen LogP contribution < -0.4 is 4.90 Å². The molecule has 2 heteroatoms. The Bertz CT molecular complexity index is 2230. The molecule has 7 aromatic carbocycles. The lowest BCUT2D eigenvalue weighted by Crippen LogP contribution is -2.11. The number of benzene rings is 7. The van der Waals surface area contributed by atoms with E-state index >= 15 is 0 Å². The molecule has 0 unspecified atom stereocenters. The lowest BCUT2D eigenvalue weighted by atomic mass is 9.96. The first kappa shape index (κ1) is 25.8. The molecule has 44 heavy (non-hydrogen) atoms. The highest BCUT2D eigenvalue weighted by Gasteiger charge is 2.23. The zero-order chi connectivity index (χ0) is 29.3. The summed E-state index contributed by atoms with van der Waals surface area (Å²) in [4.78, 5) is 2.34. The van der Waals surface area contributed by atoms with Crippen LogP contribution in [0.5, 0.6) is 0 Å². The average Bonchev–Trinajstić information content (AvgIpc) is 3.49. The molecule has 208 valence electrons. The minimum Gasteiger partial charge on any atom is -0.455 e. The van der Waals surface area contributed by atoms with Gasteiger partial charge in [-0.2, -0.15) is 0 Å². The van der Waals surface area contributed by atoms with Gasteiger partial charge in [0.15, 0.2) is 0 Å². The van der Waals surface area contributed by atoms with Gasteiger partial charge in [-0.15, -0.1) is 0 Å². The molecule has 2 nitrogen and oxygen atoms in total. The minimum absolute atomic E-state index is 0.860. The lowest BCUT2D eigenvalue weighted by Gasteiger charge is -2.28. The normalized spacial score (nSPS) is 11.2. The number of hydrogen-bond acceptors (Lipinski definition) is 2. The van der Waals surface area contributed by atoms with Crippen molar-refractivity contribution in [2.75, 3.05) is 4.90 Å². The molecule has 0 saturated carbocycles. The molecule has 1 heterocycles. The fourth-order valence-corrected chi connectivity index (χ4v) is 6.28. The second kappa shape index (κ2) is 11.1. The fourth-order valence-electron chi connectivity index (χ4n) is 6.28. The molecule has 8 rings (SSSR count). The third kappa shape index (κ3) is 4.54. The molecule has 8 aromatic rings. The molecule has 0 radical (unpaired) electrons. The average molecular weight is 564 g/mol. The van der Waals surface area contributed by atoms with E-state index in [0.717, 1.165) is 50.5 Å². The molecule has 0 atom stereocenters. The van der Waals surface area contributed by atoms with Crippen LogP contribution in [-0.2, 0) is 0 Å². The Labute approximate surface area is 257 Å². The summed E-state index contributed by atoms with van der Waals surface area (Å²) in [5.74, 6) is 0.860. The lowest BCUT2D eigenvalue weighted by molar-refractivity contribution is 0.632. The fraction of sp³-hybridized carbons (Fsp3) is 0. The van der Waals surface area contributed by atoms with Gasteiger partial charge < -0.3 is 9.32 Å². The highest BCUT2D eigenvalue weighted by atomic mass is 16.3. The van der Waals surface area contributed by atoms with Crippen molar-refractivity contribution in [3.8, 4) is 33.6 Å². The van der Waals surface area contributed by atoms with Gasteiger partial charge >= 0.3 is 0 Å². The van der Waals surface area contributed by atoms with Crippen molar-refractivity contribution in [2.24, 2.45) is 0 Å². The second-order valence-corrected chi connectivity index (χ2v) is 10.9. The minimum atomic E-state index is 0.860. The molecule has 0 fully saturated rings. The molecule has 0 N–H and O–H groups in total. The van der Waals surface area contributed by atoms with Crippen LogP contribution in [0.3, 0.4) is 0 Å². The van der Waals surface area contributed by atoms with Crippen molar-refractivity contribution in [3.05, 3.63) is 176 Å². The highest BCUT2D eigenvalue weighted by molar-refractivity contribution is 6.04. The van der Waals surface area contributed by atoms with Crippen molar-refractivity contribution in [2.45, 2.75) is 0 Å². The van der Waals surface area contributed by atoms with E-state index in [-0.39, 0.29) is 0 Å². The molecule has 0 amide bonds. The van der Waals surface area contributed by atoms with E-state index in [2.05, 4.69) is 175 Å². The Morgan fingerprint density at radius 3 is 1.86 bits per heavy atom. The van der Waals surface area contributed by atoms with Crippen LogP contribution in [0, 0.1) is 0 Å². The van der Waals surface area contributed by atoms with Crippen molar-refractivity contribution in [3.63, 3.8) is 0 Å². The first-order valence-electron chi connectivity index (χ1n) is 14.9. The predicted octanol–water partition coefficient (Wildman–Crippen LogP) is 12.1. The number of hydrogen-bond donors (Lipinski definition) is 0. The number of furan rings is 1. The van der Waals surface area contributed by atoms with Gasteiger partial charge in [-0.05, 0) is 69.9 Å². The molecule has 0 aliphatic rings. The van der Waals surface area contributed by atoms with Gasteiger partial charge in [-0.3, -0.25) is 0 Å². The zero-order valence-corrected chi connectivity index (χ0v) is 24.1. The monoisotopic (exact) mass is 563 g/mol. The Hall–Kier alpha value is -5.86. The third-order valence-corrected chi connectivity index (χ3v) is 8.27. The van der Waals surface area contributed by atoms with Gasteiger partial charge in [-0.25, -0.2) is 0 Å². The van der Waals surface area contributed by atoms with Gasteiger partial charge in [-0.1, -0.05) is 133 Å². The van der Waals surface area contributed by atoms with E-state index in [1.165, 1.54) is 21.9 Å². The van der Waals surface area contributed by atoms with Crippen molar-refractivity contribution in [1.29, 1.82) is 0 Å². The first-order chi connectivity index (χ1) is 21.8. The second-order valence-electron chi connectivity index (χ2n) is 10.9. The van der Waals surface area contributed by atoms with Gasteiger partial charge in [0.25, 0.3) is 0 Å². The number of rotatable bonds is 6.